The van der Waals surface area contributed by atoms with Gasteiger partial charge in [-0.05, 0) is 110 Å². The largest absolute Gasteiger partial charge is 0.469 e. The minimum absolute atomic E-state index is 0.0572. The summed E-state index contributed by atoms with van der Waals surface area (Å²) in [5.74, 6) is 0.889. The molecule has 224 valence electrons. The van der Waals surface area contributed by atoms with Gasteiger partial charge in [0.25, 0.3) is 0 Å². The summed E-state index contributed by atoms with van der Waals surface area (Å²) in [6.07, 6.45) is 11.1. The van der Waals surface area contributed by atoms with Crippen LogP contribution in [0.1, 0.15) is 106 Å². The van der Waals surface area contributed by atoms with Crippen molar-refractivity contribution in [2.75, 3.05) is 7.11 Å². The number of fused-ring (bicyclic) bond motifs is 2. The number of hydrogen-bond donors (Lipinski definition) is 0. The molecule has 0 saturated heterocycles. The van der Waals surface area contributed by atoms with Crippen LogP contribution >= 0.6 is 0 Å². The average molecular weight is 557 g/mol. The number of esters is 3. The van der Waals surface area contributed by atoms with Crippen molar-refractivity contribution >= 4 is 17.9 Å². The van der Waals surface area contributed by atoms with Crippen molar-refractivity contribution in [2.45, 2.75) is 118 Å². The van der Waals surface area contributed by atoms with E-state index >= 15 is 0 Å². The molecule has 6 heteroatoms. The van der Waals surface area contributed by atoms with Gasteiger partial charge in [-0.2, -0.15) is 0 Å². The second-order valence-corrected chi connectivity index (χ2v) is 14.2. The lowest BCUT2D eigenvalue weighted by Gasteiger charge is -2.61. The van der Waals surface area contributed by atoms with Gasteiger partial charge in [-0.15, -0.1) is 6.58 Å². The maximum absolute atomic E-state index is 12.3. The first-order chi connectivity index (χ1) is 18.7. The molecular weight excluding hydrogens is 504 g/mol. The van der Waals surface area contributed by atoms with Crippen molar-refractivity contribution in [1.82, 2.24) is 0 Å². The zero-order chi connectivity index (χ0) is 29.7. The summed E-state index contributed by atoms with van der Waals surface area (Å²) >= 11 is 0. The number of carbonyl (C=O) groups is 3. The molecule has 4 aliphatic carbocycles. The topological polar surface area (TPSA) is 78.9 Å². The highest BCUT2D eigenvalue weighted by molar-refractivity contribution is 5.69. The van der Waals surface area contributed by atoms with E-state index < -0.39 is 0 Å². The molecule has 0 aromatic carbocycles. The molecular formula is C34H52O6. The Bertz CT molecular complexity index is 1050. The Balaban J connectivity index is 1.61. The summed E-state index contributed by atoms with van der Waals surface area (Å²) < 4.78 is 16.6. The molecule has 0 aromatic heterocycles. The standard InChI is InChI=1S/C34H52O6/c1-10-25-28(40-24(6)36)19-29-32(8)15-13-26(22(4)11-12-27(21(2)3)39-23(5)35)31(32,7)17-18-34(29)20-33(25,34)16-14-30(37)38-9/h10,22,25-29H,1-2,11-20H2,3-9H3/t22-,25-,26-,27-,28+,29+,31-,32+,33-,34+/m1/s1. The van der Waals surface area contributed by atoms with Gasteiger partial charge in [-0.3, -0.25) is 14.4 Å². The minimum Gasteiger partial charge on any atom is -0.469 e. The van der Waals surface area contributed by atoms with E-state index in [1.54, 1.807) is 0 Å². The van der Waals surface area contributed by atoms with Gasteiger partial charge in [-0.1, -0.05) is 33.4 Å². The predicted molar refractivity (Wildman–Crippen MR) is 155 cm³/mol. The molecule has 4 rings (SSSR count). The lowest BCUT2D eigenvalue weighted by molar-refractivity contribution is -0.173. The Kier molecular flexibility index (Phi) is 8.44. The minimum atomic E-state index is -0.254. The second-order valence-electron chi connectivity index (χ2n) is 14.2. The molecule has 0 radical (unpaired) electrons. The molecule has 4 aliphatic rings. The third-order valence-electron chi connectivity index (χ3n) is 12.6. The molecule has 0 aromatic rings. The van der Waals surface area contributed by atoms with Crippen LogP contribution in [0, 0.1) is 45.3 Å². The highest BCUT2D eigenvalue weighted by Gasteiger charge is 2.81. The third kappa shape index (κ3) is 4.75. The van der Waals surface area contributed by atoms with Crippen LogP contribution in [-0.2, 0) is 28.6 Å². The van der Waals surface area contributed by atoms with Gasteiger partial charge in [0.2, 0.25) is 0 Å². The van der Waals surface area contributed by atoms with Crippen LogP contribution in [0.3, 0.4) is 0 Å². The maximum atomic E-state index is 12.3. The van der Waals surface area contributed by atoms with Crippen LogP contribution < -0.4 is 0 Å². The van der Waals surface area contributed by atoms with Gasteiger partial charge < -0.3 is 14.2 Å². The average Bonchev–Trinajstić information content (AvgIpc) is 3.46. The fourth-order valence-electron chi connectivity index (χ4n) is 10.6. The molecule has 0 N–H and O–H groups in total. The molecule has 4 fully saturated rings. The van der Waals surface area contributed by atoms with E-state index in [1.165, 1.54) is 33.8 Å². The van der Waals surface area contributed by atoms with Gasteiger partial charge in [0, 0.05) is 26.2 Å². The van der Waals surface area contributed by atoms with Crippen LogP contribution in [-0.4, -0.2) is 37.2 Å². The molecule has 40 heavy (non-hydrogen) atoms. The molecule has 4 saturated carbocycles. The molecule has 1 spiro atoms. The number of hydrogen-bond acceptors (Lipinski definition) is 6. The first-order valence-electron chi connectivity index (χ1n) is 15.4. The van der Waals surface area contributed by atoms with Gasteiger partial charge in [-0.25, -0.2) is 0 Å². The van der Waals surface area contributed by atoms with Crippen LogP contribution in [0.15, 0.2) is 24.8 Å². The number of rotatable bonds is 11. The molecule has 0 unspecified atom stereocenters. The van der Waals surface area contributed by atoms with Gasteiger partial charge in [0.05, 0.1) is 7.11 Å². The summed E-state index contributed by atoms with van der Waals surface area (Å²) in [6.45, 7) is 20.6. The molecule has 0 heterocycles. The molecule has 6 nitrogen and oxygen atoms in total. The zero-order valence-electron chi connectivity index (χ0n) is 26.0. The Labute approximate surface area is 241 Å². The molecule has 10 atom stereocenters. The fraction of sp³-hybridized carbons (Fsp3) is 0.794. The van der Waals surface area contributed by atoms with E-state index in [-0.39, 0.29) is 57.7 Å². The fourth-order valence-corrected chi connectivity index (χ4v) is 10.6. The quantitative estimate of drug-likeness (QED) is 0.152. The number of ether oxygens (including phenoxy) is 3. The van der Waals surface area contributed by atoms with Crippen LogP contribution in [0.5, 0.6) is 0 Å². The normalized spacial score (nSPS) is 40.9. The summed E-state index contributed by atoms with van der Waals surface area (Å²) in [4.78, 5) is 36.2. The molecule has 0 bridgehead atoms. The Morgan fingerprint density at radius 3 is 2.30 bits per heavy atom. The van der Waals surface area contributed by atoms with E-state index in [9.17, 15) is 14.4 Å². The SMILES string of the molecule is C=C[C@@H]1[C@@H](OC(C)=O)C[C@@H]2[C@]3(CC[C@]4(C)[C@@H]([C@H](C)CC[C@@H](OC(C)=O)C(=C)C)CC[C@@]24C)C[C@]13CCC(=O)OC. The van der Waals surface area contributed by atoms with Crippen molar-refractivity contribution < 1.29 is 28.6 Å². The van der Waals surface area contributed by atoms with Gasteiger partial charge in [0.1, 0.15) is 12.2 Å². The molecule has 0 aliphatic heterocycles. The monoisotopic (exact) mass is 556 g/mol. The number of methoxy groups -OCH3 is 1. The van der Waals surface area contributed by atoms with E-state index in [2.05, 4.69) is 33.9 Å². The third-order valence-corrected chi connectivity index (χ3v) is 12.6. The summed E-state index contributed by atoms with van der Waals surface area (Å²) in [5, 5.41) is 0. The first-order valence-corrected chi connectivity index (χ1v) is 15.4. The lowest BCUT2D eigenvalue weighted by atomic mass is 9.43. The Morgan fingerprint density at radius 2 is 1.73 bits per heavy atom. The highest BCUT2D eigenvalue weighted by atomic mass is 16.5. The van der Waals surface area contributed by atoms with Crippen LogP contribution in [0.4, 0.5) is 0 Å². The Hall–Kier alpha value is -2.11. The Morgan fingerprint density at radius 1 is 1.02 bits per heavy atom. The first kappa shape index (κ1) is 30.8. The summed E-state index contributed by atoms with van der Waals surface area (Å²) in [7, 11) is 1.46. The van der Waals surface area contributed by atoms with Gasteiger partial charge in [0.15, 0.2) is 0 Å². The van der Waals surface area contributed by atoms with Crippen LogP contribution in [0.25, 0.3) is 0 Å². The van der Waals surface area contributed by atoms with Crippen molar-refractivity contribution in [1.29, 1.82) is 0 Å². The van der Waals surface area contributed by atoms with Crippen molar-refractivity contribution in [2.24, 2.45) is 45.3 Å². The van der Waals surface area contributed by atoms with Crippen molar-refractivity contribution in [3.8, 4) is 0 Å². The van der Waals surface area contributed by atoms with Gasteiger partial charge >= 0.3 is 17.9 Å². The molecule has 0 amide bonds. The van der Waals surface area contributed by atoms with Crippen molar-refractivity contribution in [3.63, 3.8) is 0 Å². The smallest absolute Gasteiger partial charge is 0.305 e. The maximum Gasteiger partial charge on any atom is 0.305 e. The van der Waals surface area contributed by atoms with E-state index in [0.717, 1.165) is 50.5 Å². The zero-order valence-corrected chi connectivity index (χ0v) is 26.0. The summed E-state index contributed by atoms with van der Waals surface area (Å²) in [6, 6.07) is 0. The van der Waals surface area contributed by atoms with Crippen molar-refractivity contribution in [3.05, 3.63) is 24.8 Å². The van der Waals surface area contributed by atoms with E-state index in [1.807, 2.05) is 13.0 Å². The predicted octanol–water partition coefficient (Wildman–Crippen LogP) is 7.21. The number of carbonyl (C=O) groups excluding carboxylic acids is 3. The highest BCUT2D eigenvalue weighted by Crippen LogP contribution is 2.87. The van der Waals surface area contributed by atoms with E-state index in [0.29, 0.717) is 24.2 Å². The summed E-state index contributed by atoms with van der Waals surface area (Å²) in [5.41, 5.74) is 1.27. The van der Waals surface area contributed by atoms with Crippen LogP contribution in [0.2, 0.25) is 0 Å². The second kappa shape index (κ2) is 10.9. The lowest BCUT2D eigenvalue weighted by Crippen LogP contribution is -2.57. The van der Waals surface area contributed by atoms with E-state index in [4.69, 9.17) is 14.2 Å².